The maximum absolute atomic E-state index is 12.3. The van der Waals surface area contributed by atoms with Gasteiger partial charge in [-0.05, 0) is 17.7 Å². The molecule has 1 N–H and O–H groups in total. The Morgan fingerprint density at radius 2 is 1.63 bits per heavy atom. The van der Waals surface area contributed by atoms with Crippen molar-refractivity contribution in [1.82, 2.24) is 0 Å². The van der Waals surface area contributed by atoms with E-state index < -0.39 is 21.4 Å². The first kappa shape index (κ1) is 16.4. The summed E-state index contributed by atoms with van der Waals surface area (Å²) in [6.45, 7) is 0.0398. The molecular formula is C11H9Cl3F3NO. The molecule has 0 amide bonds. The van der Waals surface area contributed by atoms with Crippen LogP contribution in [0.15, 0.2) is 24.3 Å². The van der Waals surface area contributed by atoms with Crippen molar-refractivity contribution in [2.75, 3.05) is 6.61 Å². The van der Waals surface area contributed by atoms with Crippen LogP contribution in [-0.2, 0) is 17.3 Å². The molecule has 0 aromatic heterocycles. The number of nitrogens with one attached hydrogen (secondary N) is 1. The van der Waals surface area contributed by atoms with Crippen LogP contribution < -0.4 is 0 Å². The molecule has 8 heteroatoms. The van der Waals surface area contributed by atoms with Gasteiger partial charge >= 0.3 is 6.18 Å². The van der Waals surface area contributed by atoms with Crippen molar-refractivity contribution in [3.63, 3.8) is 0 Å². The molecular weight excluding hydrogens is 325 g/mol. The second-order valence-electron chi connectivity index (χ2n) is 3.62. The van der Waals surface area contributed by atoms with Gasteiger partial charge in [0.1, 0.15) is 0 Å². The SMILES string of the molecule is N=C(OCCc1ccc(C(F)(F)F)cc1)C(Cl)(Cl)Cl. The van der Waals surface area contributed by atoms with E-state index >= 15 is 0 Å². The van der Waals surface area contributed by atoms with E-state index in [4.69, 9.17) is 44.9 Å². The monoisotopic (exact) mass is 333 g/mol. The molecule has 1 aromatic rings. The third-order valence-electron chi connectivity index (χ3n) is 2.18. The van der Waals surface area contributed by atoms with Crippen LogP contribution in [0.4, 0.5) is 13.2 Å². The Morgan fingerprint density at radius 3 is 2.05 bits per heavy atom. The normalized spacial score (nSPS) is 12.3. The van der Waals surface area contributed by atoms with Crippen LogP contribution in [0.1, 0.15) is 11.1 Å². The molecule has 0 unspecified atom stereocenters. The van der Waals surface area contributed by atoms with Crippen molar-refractivity contribution in [1.29, 1.82) is 5.41 Å². The lowest BCUT2D eigenvalue weighted by molar-refractivity contribution is -0.137. The first-order chi connectivity index (χ1) is 8.60. The molecule has 0 atom stereocenters. The van der Waals surface area contributed by atoms with Gasteiger partial charge in [-0.25, -0.2) is 0 Å². The maximum atomic E-state index is 12.3. The fraction of sp³-hybridized carbons (Fsp3) is 0.364. The summed E-state index contributed by atoms with van der Waals surface area (Å²) in [7, 11) is 0. The predicted molar refractivity (Wildman–Crippen MR) is 69.1 cm³/mol. The summed E-state index contributed by atoms with van der Waals surface area (Å²) >= 11 is 16.2. The van der Waals surface area contributed by atoms with Crippen molar-refractivity contribution in [2.45, 2.75) is 16.4 Å². The van der Waals surface area contributed by atoms with Crippen LogP contribution >= 0.6 is 34.8 Å². The van der Waals surface area contributed by atoms with E-state index in [1.165, 1.54) is 12.1 Å². The van der Waals surface area contributed by atoms with Gasteiger partial charge in [0, 0.05) is 6.42 Å². The van der Waals surface area contributed by atoms with E-state index in [2.05, 4.69) is 0 Å². The molecule has 0 bridgehead atoms. The second kappa shape index (κ2) is 6.20. The highest BCUT2D eigenvalue weighted by molar-refractivity contribution is 6.76. The lowest BCUT2D eigenvalue weighted by Gasteiger charge is -2.13. The average Bonchev–Trinajstić information content (AvgIpc) is 2.27. The zero-order valence-corrected chi connectivity index (χ0v) is 11.7. The largest absolute Gasteiger partial charge is 0.478 e. The average molecular weight is 335 g/mol. The van der Waals surface area contributed by atoms with Gasteiger partial charge in [-0.1, -0.05) is 46.9 Å². The molecule has 0 aliphatic carbocycles. The van der Waals surface area contributed by atoms with Gasteiger partial charge in [0.05, 0.1) is 12.2 Å². The van der Waals surface area contributed by atoms with Crippen LogP contribution in [0.5, 0.6) is 0 Å². The number of rotatable bonds is 3. The van der Waals surface area contributed by atoms with Gasteiger partial charge in [0.15, 0.2) is 0 Å². The third kappa shape index (κ3) is 5.47. The Balaban J connectivity index is 2.50. The molecule has 1 aromatic carbocycles. The van der Waals surface area contributed by atoms with Crippen LogP contribution in [0, 0.1) is 5.41 Å². The minimum absolute atomic E-state index is 0.0398. The number of halogens is 6. The molecule has 0 aliphatic heterocycles. The highest BCUT2D eigenvalue weighted by Crippen LogP contribution is 2.29. The summed E-state index contributed by atoms with van der Waals surface area (Å²) in [5.74, 6) is -0.524. The van der Waals surface area contributed by atoms with Gasteiger partial charge in [-0.15, -0.1) is 0 Å². The van der Waals surface area contributed by atoms with Gasteiger partial charge in [-0.2, -0.15) is 13.2 Å². The fourth-order valence-electron chi connectivity index (χ4n) is 1.21. The van der Waals surface area contributed by atoms with E-state index in [1.54, 1.807) is 0 Å². The molecule has 0 aliphatic rings. The molecule has 0 saturated carbocycles. The molecule has 19 heavy (non-hydrogen) atoms. The second-order valence-corrected chi connectivity index (χ2v) is 5.90. The molecule has 2 nitrogen and oxygen atoms in total. The summed E-state index contributed by atoms with van der Waals surface area (Å²) in [4.78, 5) is 0. The molecule has 1 rings (SSSR count). The van der Waals surface area contributed by atoms with E-state index in [0.717, 1.165) is 12.1 Å². The summed E-state index contributed by atoms with van der Waals surface area (Å²) in [6, 6.07) is 4.64. The predicted octanol–water partition coefficient (Wildman–Crippen LogP) is 4.61. The van der Waals surface area contributed by atoms with Gasteiger partial charge in [0.2, 0.25) is 5.90 Å². The number of ether oxygens (including phenoxy) is 1. The van der Waals surface area contributed by atoms with E-state index in [9.17, 15) is 13.2 Å². The number of alkyl halides is 6. The first-order valence-electron chi connectivity index (χ1n) is 5.05. The van der Waals surface area contributed by atoms with E-state index in [1.807, 2.05) is 0 Å². The van der Waals surface area contributed by atoms with Crippen LogP contribution in [-0.4, -0.2) is 16.3 Å². The highest BCUT2D eigenvalue weighted by Gasteiger charge is 2.30. The topological polar surface area (TPSA) is 33.1 Å². The van der Waals surface area contributed by atoms with E-state index in [-0.39, 0.29) is 6.61 Å². The summed E-state index contributed by atoms with van der Waals surface area (Å²) < 4.78 is 39.9. The summed E-state index contributed by atoms with van der Waals surface area (Å²) in [6.07, 6.45) is -4.05. The third-order valence-corrected chi connectivity index (χ3v) is 2.69. The highest BCUT2D eigenvalue weighted by atomic mass is 35.6. The Labute approximate surface area is 122 Å². The first-order valence-corrected chi connectivity index (χ1v) is 6.19. The summed E-state index contributed by atoms with van der Waals surface area (Å²) in [5.41, 5.74) is -0.0867. The molecule has 0 heterocycles. The molecule has 0 fully saturated rings. The minimum atomic E-state index is -4.35. The standard InChI is InChI=1S/C11H9Cl3F3NO/c12-10(13,14)9(18)19-6-5-7-1-3-8(4-2-7)11(15,16)17/h1-4,18H,5-6H2. The van der Waals surface area contributed by atoms with Crippen molar-refractivity contribution in [2.24, 2.45) is 0 Å². The lowest BCUT2D eigenvalue weighted by Crippen LogP contribution is -2.22. The van der Waals surface area contributed by atoms with Crippen molar-refractivity contribution < 1.29 is 17.9 Å². The van der Waals surface area contributed by atoms with Crippen molar-refractivity contribution in [3.05, 3.63) is 35.4 Å². The van der Waals surface area contributed by atoms with Crippen LogP contribution in [0.25, 0.3) is 0 Å². The molecule has 0 spiro atoms. The van der Waals surface area contributed by atoms with Gasteiger partial charge in [-0.3, -0.25) is 5.41 Å². The number of hydrogen-bond donors (Lipinski definition) is 1. The zero-order chi connectivity index (χ0) is 14.7. The Morgan fingerprint density at radius 1 is 1.11 bits per heavy atom. The van der Waals surface area contributed by atoms with Crippen LogP contribution in [0.2, 0.25) is 0 Å². The van der Waals surface area contributed by atoms with Gasteiger partial charge in [0.25, 0.3) is 3.79 Å². The van der Waals surface area contributed by atoms with E-state index in [0.29, 0.717) is 12.0 Å². The molecule has 0 saturated heterocycles. The van der Waals surface area contributed by atoms with Crippen molar-refractivity contribution in [3.8, 4) is 0 Å². The van der Waals surface area contributed by atoms with Gasteiger partial charge < -0.3 is 4.74 Å². The minimum Gasteiger partial charge on any atom is -0.478 e. The van der Waals surface area contributed by atoms with Crippen molar-refractivity contribution >= 4 is 40.7 Å². The Hall–Kier alpha value is -0.650. The smallest absolute Gasteiger partial charge is 0.416 e. The fourth-order valence-corrected chi connectivity index (χ4v) is 1.38. The lowest BCUT2D eigenvalue weighted by atomic mass is 10.1. The number of benzene rings is 1. The Bertz CT molecular complexity index is 440. The van der Waals surface area contributed by atoms with Crippen LogP contribution in [0.3, 0.4) is 0 Å². The zero-order valence-electron chi connectivity index (χ0n) is 9.40. The maximum Gasteiger partial charge on any atom is 0.416 e. The Kier molecular flexibility index (Phi) is 5.35. The molecule has 106 valence electrons. The summed E-state index contributed by atoms with van der Waals surface area (Å²) in [5, 5.41) is 7.26. The quantitative estimate of drug-likeness (QED) is 0.489. The number of hydrogen-bond acceptors (Lipinski definition) is 2. The molecule has 0 radical (unpaired) electrons.